The van der Waals surface area contributed by atoms with E-state index in [2.05, 4.69) is 20.4 Å². The number of nitrogens with two attached hydrogens (primary N) is 1. The molecule has 9 heteroatoms. The lowest BCUT2D eigenvalue weighted by molar-refractivity contribution is -0.123. The van der Waals surface area contributed by atoms with Crippen LogP contribution in [0.25, 0.3) is 22.4 Å². The second-order valence-corrected chi connectivity index (χ2v) is 9.14. The molecular formula is C27H26FN5O3. The smallest absolute Gasteiger partial charge is 0.259 e. The zero-order valence-corrected chi connectivity index (χ0v) is 19.8. The molecule has 0 bridgehead atoms. The fraction of sp³-hybridized carbons (Fsp3) is 0.259. The molecule has 1 saturated heterocycles. The van der Waals surface area contributed by atoms with E-state index in [9.17, 15) is 14.0 Å². The van der Waals surface area contributed by atoms with Crippen molar-refractivity contribution in [3.8, 4) is 11.3 Å². The average Bonchev–Trinajstić information content (AvgIpc) is 3.26. The minimum absolute atomic E-state index is 0.102. The van der Waals surface area contributed by atoms with Crippen molar-refractivity contribution in [3.05, 3.63) is 77.2 Å². The summed E-state index contributed by atoms with van der Waals surface area (Å²) < 4.78 is 18.7. The number of benzene rings is 2. The van der Waals surface area contributed by atoms with E-state index in [1.807, 2.05) is 24.3 Å². The van der Waals surface area contributed by atoms with Gasteiger partial charge in [-0.1, -0.05) is 17.3 Å². The monoisotopic (exact) mass is 487 g/mol. The molecule has 0 saturated carbocycles. The molecule has 2 amide bonds. The predicted octanol–water partition coefficient (Wildman–Crippen LogP) is 4.29. The minimum atomic E-state index is -0.357. The van der Waals surface area contributed by atoms with Gasteiger partial charge in [0, 0.05) is 24.3 Å². The Balaban J connectivity index is 1.34. The summed E-state index contributed by atoms with van der Waals surface area (Å²) in [5.41, 5.74) is 9.51. The number of likely N-dealkylation sites (tertiary alicyclic amines) is 1. The summed E-state index contributed by atoms with van der Waals surface area (Å²) >= 11 is 0. The summed E-state index contributed by atoms with van der Waals surface area (Å²) in [6.45, 7) is 4.05. The van der Waals surface area contributed by atoms with Gasteiger partial charge in [0.1, 0.15) is 5.82 Å². The van der Waals surface area contributed by atoms with Gasteiger partial charge in [0.25, 0.3) is 11.6 Å². The number of rotatable bonds is 6. The summed E-state index contributed by atoms with van der Waals surface area (Å²) in [5, 5.41) is 7.44. The molecule has 184 valence electrons. The van der Waals surface area contributed by atoms with Gasteiger partial charge in [0.15, 0.2) is 0 Å². The van der Waals surface area contributed by atoms with Crippen LogP contribution in [0, 0.1) is 18.7 Å². The Hall–Kier alpha value is -4.11. The van der Waals surface area contributed by atoms with Crippen LogP contribution in [-0.4, -0.2) is 39.9 Å². The zero-order valence-electron chi connectivity index (χ0n) is 19.8. The lowest BCUT2D eigenvalue weighted by Crippen LogP contribution is -2.40. The average molecular weight is 488 g/mol. The number of anilines is 1. The first-order valence-electron chi connectivity index (χ1n) is 11.8. The van der Waals surface area contributed by atoms with Crippen LogP contribution in [0.1, 0.15) is 34.5 Å². The quantitative estimate of drug-likeness (QED) is 0.419. The van der Waals surface area contributed by atoms with Crippen molar-refractivity contribution in [1.29, 1.82) is 0 Å². The van der Waals surface area contributed by atoms with Crippen LogP contribution in [0.5, 0.6) is 0 Å². The highest BCUT2D eigenvalue weighted by molar-refractivity contribution is 6.13. The minimum Gasteiger partial charge on any atom is -0.369 e. The lowest BCUT2D eigenvalue weighted by atomic mass is 9.97. The fourth-order valence-corrected chi connectivity index (χ4v) is 4.62. The first-order valence-corrected chi connectivity index (χ1v) is 11.8. The molecule has 3 N–H and O–H groups in total. The van der Waals surface area contributed by atoms with E-state index in [0.717, 1.165) is 24.9 Å². The van der Waals surface area contributed by atoms with Gasteiger partial charge in [-0.15, -0.1) is 0 Å². The molecule has 1 unspecified atom stereocenters. The van der Waals surface area contributed by atoms with Crippen LogP contribution < -0.4 is 11.1 Å². The van der Waals surface area contributed by atoms with E-state index < -0.39 is 0 Å². The van der Waals surface area contributed by atoms with E-state index in [0.29, 0.717) is 46.7 Å². The topological polar surface area (TPSA) is 114 Å². The van der Waals surface area contributed by atoms with Gasteiger partial charge in [-0.05, 0) is 74.3 Å². The first-order chi connectivity index (χ1) is 17.4. The van der Waals surface area contributed by atoms with E-state index in [4.69, 9.17) is 10.3 Å². The Bertz CT molecular complexity index is 1420. The highest BCUT2D eigenvalue weighted by Gasteiger charge is 2.24. The molecule has 36 heavy (non-hydrogen) atoms. The van der Waals surface area contributed by atoms with E-state index in [1.54, 1.807) is 25.1 Å². The van der Waals surface area contributed by atoms with Crippen molar-refractivity contribution < 1.29 is 18.5 Å². The highest BCUT2D eigenvalue weighted by Crippen LogP contribution is 2.28. The van der Waals surface area contributed by atoms with Crippen LogP contribution in [-0.2, 0) is 11.3 Å². The number of amides is 2. The van der Waals surface area contributed by atoms with E-state index in [-0.39, 0.29) is 29.3 Å². The number of primary amides is 1. The van der Waals surface area contributed by atoms with E-state index in [1.165, 1.54) is 12.1 Å². The molecule has 0 aliphatic carbocycles. The van der Waals surface area contributed by atoms with Gasteiger partial charge in [-0.25, -0.2) is 9.37 Å². The van der Waals surface area contributed by atoms with Crippen molar-refractivity contribution >= 4 is 28.6 Å². The third-order valence-corrected chi connectivity index (χ3v) is 6.53. The summed E-state index contributed by atoms with van der Waals surface area (Å²) in [7, 11) is 0. The van der Waals surface area contributed by atoms with Crippen LogP contribution in [0.2, 0.25) is 0 Å². The molecule has 1 atom stereocenters. The molecule has 2 aromatic heterocycles. The summed E-state index contributed by atoms with van der Waals surface area (Å²) in [5.74, 6) is -1.03. The number of halogens is 1. The van der Waals surface area contributed by atoms with Gasteiger partial charge in [0.05, 0.1) is 28.3 Å². The fourth-order valence-electron chi connectivity index (χ4n) is 4.62. The Kier molecular flexibility index (Phi) is 6.47. The summed E-state index contributed by atoms with van der Waals surface area (Å²) in [6, 6.07) is 15.2. The van der Waals surface area contributed by atoms with Gasteiger partial charge < -0.3 is 15.6 Å². The maximum Gasteiger partial charge on any atom is 0.259 e. The largest absolute Gasteiger partial charge is 0.369 e. The number of aryl methyl sites for hydroxylation is 1. The van der Waals surface area contributed by atoms with Crippen molar-refractivity contribution in [3.63, 3.8) is 0 Å². The molecule has 0 spiro atoms. The number of fused-ring (bicyclic) bond motifs is 1. The van der Waals surface area contributed by atoms with Crippen molar-refractivity contribution in [2.75, 3.05) is 18.4 Å². The maximum atomic E-state index is 13.4. The summed E-state index contributed by atoms with van der Waals surface area (Å²) in [6.07, 6.45) is 1.79. The molecular weight excluding hydrogens is 461 g/mol. The standard InChI is InChI=1S/C27H26FN5O3/c1-16-24-22(13-23(31-27(24)36-32-16)18-6-8-20(28)9-7-18)26(35)30-21-10-4-17(5-11-21)14-33-12-2-3-19(15-33)25(29)34/h4-11,13,19H,2-3,12,14-15H2,1H3,(H2,29,34)(H,30,35). The normalized spacial score (nSPS) is 16.2. The lowest BCUT2D eigenvalue weighted by Gasteiger charge is -2.31. The Morgan fingerprint density at radius 1 is 1.17 bits per heavy atom. The molecule has 1 fully saturated rings. The Morgan fingerprint density at radius 3 is 2.64 bits per heavy atom. The molecule has 4 aromatic rings. The number of hydrogen-bond donors (Lipinski definition) is 2. The van der Waals surface area contributed by atoms with Crippen molar-refractivity contribution in [2.24, 2.45) is 11.7 Å². The van der Waals surface area contributed by atoms with Crippen LogP contribution in [0.4, 0.5) is 10.1 Å². The third kappa shape index (κ3) is 4.96. The molecule has 3 heterocycles. The highest BCUT2D eigenvalue weighted by atomic mass is 19.1. The zero-order chi connectivity index (χ0) is 25.2. The summed E-state index contributed by atoms with van der Waals surface area (Å²) in [4.78, 5) is 31.5. The van der Waals surface area contributed by atoms with Crippen LogP contribution in [0.15, 0.2) is 59.1 Å². The van der Waals surface area contributed by atoms with Gasteiger partial charge in [-0.3, -0.25) is 14.5 Å². The van der Waals surface area contributed by atoms with Gasteiger partial charge in [-0.2, -0.15) is 0 Å². The number of carbonyl (C=O) groups is 2. The molecule has 8 nitrogen and oxygen atoms in total. The molecule has 1 aliphatic rings. The second-order valence-electron chi connectivity index (χ2n) is 9.14. The number of pyridine rings is 1. The maximum absolute atomic E-state index is 13.4. The second kappa shape index (κ2) is 9.87. The number of nitrogens with zero attached hydrogens (tertiary/aromatic N) is 3. The number of carbonyl (C=O) groups excluding carboxylic acids is 2. The Labute approximate surface area is 207 Å². The molecule has 5 rings (SSSR count). The molecule has 2 aromatic carbocycles. The SMILES string of the molecule is Cc1noc2nc(-c3ccc(F)cc3)cc(C(=O)Nc3ccc(CN4CCCC(C(N)=O)C4)cc3)c12. The first kappa shape index (κ1) is 23.6. The number of piperidine rings is 1. The number of nitrogens with one attached hydrogen (secondary N) is 1. The van der Waals surface area contributed by atoms with Crippen molar-refractivity contribution in [2.45, 2.75) is 26.3 Å². The third-order valence-electron chi connectivity index (χ3n) is 6.53. The van der Waals surface area contributed by atoms with E-state index >= 15 is 0 Å². The predicted molar refractivity (Wildman–Crippen MR) is 134 cm³/mol. The molecule has 0 radical (unpaired) electrons. The molecule has 1 aliphatic heterocycles. The van der Waals surface area contributed by atoms with Crippen LogP contribution >= 0.6 is 0 Å². The van der Waals surface area contributed by atoms with Crippen molar-refractivity contribution in [1.82, 2.24) is 15.0 Å². The Morgan fingerprint density at radius 2 is 1.92 bits per heavy atom. The van der Waals surface area contributed by atoms with Crippen LogP contribution in [0.3, 0.4) is 0 Å². The number of hydrogen-bond acceptors (Lipinski definition) is 6. The van der Waals surface area contributed by atoms with Gasteiger partial charge in [0.2, 0.25) is 5.91 Å². The van der Waals surface area contributed by atoms with Gasteiger partial charge >= 0.3 is 0 Å². The number of aromatic nitrogens is 2.